The standard InChI is InChI=1S/C21H26N2O4S/c1-17-10-11-19(28(25,26)23-13-6-3-7-14-23)16-20(17)22-21(24)12-15-27-18-8-4-2-5-9-18/h2,4-5,8-11,16H,3,6-7,12-15H2,1H3,(H,22,24). The lowest BCUT2D eigenvalue weighted by atomic mass is 10.2. The number of hydrogen-bond donors (Lipinski definition) is 1. The molecule has 0 unspecified atom stereocenters. The lowest BCUT2D eigenvalue weighted by Gasteiger charge is -2.26. The summed E-state index contributed by atoms with van der Waals surface area (Å²) in [7, 11) is -3.53. The van der Waals surface area contributed by atoms with E-state index < -0.39 is 10.0 Å². The first-order chi connectivity index (χ1) is 13.5. The smallest absolute Gasteiger partial charge is 0.243 e. The zero-order valence-corrected chi connectivity index (χ0v) is 16.9. The second-order valence-electron chi connectivity index (χ2n) is 6.90. The van der Waals surface area contributed by atoms with E-state index in [0.717, 1.165) is 24.8 Å². The first kappa shape index (κ1) is 20.4. The molecule has 0 spiro atoms. The Hall–Kier alpha value is -2.38. The van der Waals surface area contributed by atoms with Gasteiger partial charge in [-0.05, 0) is 49.6 Å². The van der Waals surface area contributed by atoms with Gasteiger partial charge < -0.3 is 10.1 Å². The van der Waals surface area contributed by atoms with Crippen molar-refractivity contribution >= 4 is 21.6 Å². The van der Waals surface area contributed by atoms with Gasteiger partial charge in [-0.2, -0.15) is 4.31 Å². The molecule has 0 aliphatic carbocycles. The summed E-state index contributed by atoms with van der Waals surface area (Å²) in [4.78, 5) is 12.5. The fourth-order valence-electron chi connectivity index (χ4n) is 3.14. The largest absolute Gasteiger partial charge is 0.493 e. The lowest BCUT2D eigenvalue weighted by Crippen LogP contribution is -2.35. The molecule has 6 nitrogen and oxygen atoms in total. The van der Waals surface area contributed by atoms with Crippen LogP contribution in [-0.4, -0.2) is 38.3 Å². The van der Waals surface area contributed by atoms with Crippen molar-refractivity contribution in [3.8, 4) is 5.75 Å². The Kier molecular flexibility index (Phi) is 6.70. The molecule has 28 heavy (non-hydrogen) atoms. The monoisotopic (exact) mass is 402 g/mol. The minimum atomic E-state index is -3.53. The average Bonchev–Trinajstić information content (AvgIpc) is 2.71. The highest BCUT2D eigenvalue weighted by molar-refractivity contribution is 7.89. The molecule has 2 aromatic carbocycles. The molecule has 0 atom stereocenters. The van der Waals surface area contributed by atoms with Crippen molar-refractivity contribution < 1.29 is 17.9 Å². The van der Waals surface area contributed by atoms with Crippen LogP contribution in [0.4, 0.5) is 5.69 Å². The number of aryl methyl sites for hydroxylation is 1. The van der Waals surface area contributed by atoms with Gasteiger partial charge in [0.25, 0.3) is 0 Å². The van der Waals surface area contributed by atoms with E-state index in [-0.39, 0.29) is 23.8 Å². The molecule has 1 aliphatic rings. The highest BCUT2D eigenvalue weighted by atomic mass is 32.2. The van der Waals surface area contributed by atoms with Crippen molar-refractivity contribution in [1.29, 1.82) is 0 Å². The Bertz CT molecular complexity index is 907. The third kappa shape index (κ3) is 5.11. The van der Waals surface area contributed by atoms with Gasteiger partial charge in [0.1, 0.15) is 5.75 Å². The minimum Gasteiger partial charge on any atom is -0.493 e. The topological polar surface area (TPSA) is 75.7 Å². The van der Waals surface area contributed by atoms with E-state index in [4.69, 9.17) is 4.74 Å². The molecular weight excluding hydrogens is 376 g/mol. The van der Waals surface area contributed by atoms with E-state index in [1.807, 2.05) is 37.3 Å². The second kappa shape index (κ2) is 9.21. The van der Waals surface area contributed by atoms with Crippen LogP contribution >= 0.6 is 0 Å². The minimum absolute atomic E-state index is 0.178. The lowest BCUT2D eigenvalue weighted by molar-refractivity contribution is -0.116. The number of rotatable bonds is 7. The van der Waals surface area contributed by atoms with Crippen molar-refractivity contribution in [2.75, 3.05) is 25.0 Å². The first-order valence-corrected chi connectivity index (χ1v) is 11.0. The van der Waals surface area contributed by atoms with E-state index in [1.54, 1.807) is 18.2 Å². The normalized spacial score (nSPS) is 15.2. The summed E-state index contributed by atoms with van der Waals surface area (Å²) < 4.78 is 32.8. The number of carbonyl (C=O) groups is 1. The molecule has 0 radical (unpaired) electrons. The van der Waals surface area contributed by atoms with Crippen molar-refractivity contribution in [1.82, 2.24) is 4.31 Å². The van der Waals surface area contributed by atoms with Gasteiger partial charge in [0.05, 0.1) is 17.9 Å². The fraction of sp³-hybridized carbons (Fsp3) is 0.381. The van der Waals surface area contributed by atoms with E-state index in [2.05, 4.69) is 5.32 Å². The van der Waals surface area contributed by atoms with E-state index in [0.29, 0.717) is 24.5 Å². The van der Waals surface area contributed by atoms with Crippen molar-refractivity contribution in [3.63, 3.8) is 0 Å². The zero-order chi connectivity index (χ0) is 20.0. The summed E-state index contributed by atoms with van der Waals surface area (Å²) >= 11 is 0. The van der Waals surface area contributed by atoms with Crippen molar-refractivity contribution in [2.24, 2.45) is 0 Å². The van der Waals surface area contributed by atoms with Gasteiger partial charge in [-0.25, -0.2) is 8.42 Å². The van der Waals surface area contributed by atoms with Crippen molar-refractivity contribution in [3.05, 3.63) is 54.1 Å². The van der Waals surface area contributed by atoms with Crippen LogP contribution in [0.15, 0.2) is 53.4 Å². The van der Waals surface area contributed by atoms with Crippen LogP contribution < -0.4 is 10.1 Å². The number of benzene rings is 2. The molecule has 1 fully saturated rings. The summed E-state index contributed by atoms with van der Waals surface area (Å²) in [6, 6.07) is 14.2. The van der Waals surface area contributed by atoms with Gasteiger partial charge in [-0.1, -0.05) is 30.7 Å². The van der Waals surface area contributed by atoms with Gasteiger partial charge in [0.2, 0.25) is 15.9 Å². The predicted octanol–water partition coefficient (Wildman–Crippen LogP) is 3.58. The van der Waals surface area contributed by atoms with Crippen molar-refractivity contribution in [2.45, 2.75) is 37.5 Å². The maximum atomic E-state index is 12.9. The molecule has 1 amide bonds. The maximum Gasteiger partial charge on any atom is 0.243 e. The maximum absolute atomic E-state index is 12.9. The molecule has 1 saturated heterocycles. The summed E-state index contributed by atoms with van der Waals surface area (Å²) in [6.07, 6.45) is 3.01. The summed E-state index contributed by atoms with van der Waals surface area (Å²) in [5.41, 5.74) is 1.33. The van der Waals surface area contributed by atoms with Gasteiger partial charge in [0.15, 0.2) is 0 Å². The van der Waals surface area contributed by atoms with Crippen LogP contribution in [0.2, 0.25) is 0 Å². The summed E-state index contributed by atoms with van der Waals surface area (Å²) in [5, 5.41) is 2.81. The molecule has 1 heterocycles. The van der Waals surface area contributed by atoms with Gasteiger partial charge in [0, 0.05) is 18.8 Å². The Morgan fingerprint density at radius 1 is 1.07 bits per heavy atom. The van der Waals surface area contributed by atoms with Crippen LogP contribution in [0.25, 0.3) is 0 Å². The van der Waals surface area contributed by atoms with Crippen LogP contribution in [0.1, 0.15) is 31.2 Å². The van der Waals surface area contributed by atoms with Gasteiger partial charge >= 0.3 is 0 Å². The van der Waals surface area contributed by atoms with Gasteiger partial charge in [-0.15, -0.1) is 0 Å². The number of piperidine rings is 1. The van der Waals surface area contributed by atoms with E-state index in [9.17, 15) is 13.2 Å². The highest BCUT2D eigenvalue weighted by Gasteiger charge is 2.26. The van der Waals surface area contributed by atoms with Gasteiger partial charge in [-0.3, -0.25) is 4.79 Å². The molecule has 0 bridgehead atoms. The third-order valence-corrected chi connectivity index (χ3v) is 6.67. The predicted molar refractivity (Wildman–Crippen MR) is 109 cm³/mol. The quantitative estimate of drug-likeness (QED) is 0.768. The SMILES string of the molecule is Cc1ccc(S(=O)(=O)N2CCCCC2)cc1NC(=O)CCOc1ccccc1. The fourth-order valence-corrected chi connectivity index (χ4v) is 4.69. The van der Waals surface area contributed by atoms with Crippen LogP contribution in [0, 0.1) is 6.92 Å². The zero-order valence-electron chi connectivity index (χ0n) is 16.1. The molecule has 1 N–H and O–H groups in total. The number of hydrogen-bond acceptors (Lipinski definition) is 4. The Morgan fingerprint density at radius 3 is 2.50 bits per heavy atom. The molecule has 150 valence electrons. The second-order valence-corrected chi connectivity index (χ2v) is 8.84. The number of ether oxygens (including phenoxy) is 1. The number of nitrogens with one attached hydrogen (secondary N) is 1. The molecule has 2 aromatic rings. The molecular formula is C21H26N2O4S. The molecule has 0 saturated carbocycles. The van der Waals surface area contributed by atoms with E-state index in [1.165, 1.54) is 4.31 Å². The highest BCUT2D eigenvalue weighted by Crippen LogP contribution is 2.25. The van der Waals surface area contributed by atoms with Crippen LogP contribution in [0.5, 0.6) is 5.75 Å². The number of anilines is 1. The first-order valence-electron chi connectivity index (χ1n) is 9.55. The Labute approximate surface area is 166 Å². The molecule has 3 rings (SSSR count). The number of amides is 1. The van der Waals surface area contributed by atoms with Crippen LogP contribution in [0.3, 0.4) is 0 Å². The number of carbonyl (C=O) groups excluding carboxylic acids is 1. The Balaban J connectivity index is 1.63. The summed E-state index contributed by atoms with van der Waals surface area (Å²) in [6.45, 7) is 3.19. The summed E-state index contributed by atoms with van der Waals surface area (Å²) in [5.74, 6) is 0.493. The van der Waals surface area contributed by atoms with Crippen LogP contribution in [-0.2, 0) is 14.8 Å². The van der Waals surface area contributed by atoms with E-state index >= 15 is 0 Å². The number of sulfonamides is 1. The Morgan fingerprint density at radius 2 is 1.79 bits per heavy atom. The molecule has 1 aliphatic heterocycles. The number of para-hydroxylation sites is 1. The average molecular weight is 403 g/mol. The molecule has 7 heteroatoms. The molecule has 0 aromatic heterocycles. The number of nitrogens with zero attached hydrogens (tertiary/aromatic N) is 1. The third-order valence-electron chi connectivity index (χ3n) is 4.78.